The number of benzene rings is 2. The van der Waals surface area contributed by atoms with Gasteiger partial charge in [-0.25, -0.2) is 13.6 Å². The van der Waals surface area contributed by atoms with E-state index in [9.17, 15) is 18.4 Å². The molecule has 1 fully saturated rings. The summed E-state index contributed by atoms with van der Waals surface area (Å²) in [5, 5.41) is 7.25. The molecule has 5 rings (SSSR count). The smallest absolute Gasteiger partial charge is 0.410 e. The van der Waals surface area contributed by atoms with Crippen molar-refractivity contribution >= 4 is 27.9 Å². The Morgan fingerprint density at radius 3 is 2.68 bits per heavy atom. The van der Waals surface area contributed by atoms with Crippen molar-refractivity contribution in [1.29, 1.82) is 0 Å². The zero-order valence-electron chi connectivity index (χ0n) is 23.4. The van der Waals surface area contributed by atoms with Gasteiger partial charge in [0.05, 0.1) is 17.0 Å². The van der Waals surface area contributed by atoms with E-state index in [4.69, 9.17) is 14.0 Å². The minimum Gasteiger partial charge on any atom is -0.444 e. The van der Waals surface area contributed by atoms with Crippen molar-refractivity contribution in [3.05, 3.63) is 74.9 Å². The van der Waals surface area contributed by atoms with Crippen LogP contribution in [-0.2, 0) is 32.9 Å². The van der Waals surface area contributed by atoms with Crippen LogP contribution in [0, 0.1) is 11.6 Å². The van der Waals surface area contributed by atoms with Crippen LogP contribution in [0.2, 0.25) is 0 Å². The number of rotatable bonds is 5. The van der Waals surface area contributed by atoms with Gasteiger partial charge in [-0.2, -0.15) is 0 Å². The summed E-state index contributed by atoms with van der Waals surface area (Å²) >= 11 is 3.70. The lowest BCUT2D eigenvalue weighted by atomic mass is 9.74. The first-order chi connectivity index (χ1) is 19.4. The van der Waals surface area contributed by atoms with E-state index in [-0.39, 0.29) is 25.6 Å². The number of amides is 2. The molecule has 8 nitrogen and oxygen atoms in total. The number of hydrogen-bond donors (Lipinski definition) is 1. The molecule has 2 aliphatic heterocycles. The number of carbonyl (C=O) groups excluding carboxylic acids is 2. The highest BCUT2D eigenvalue weighted by Gasteiger charge is 2.53. The van der Waals surface area contributed by atoms with E-state index in [0.717, 1.165) is 11.1 Å². The van der Waals surface area contributed by atoms with E-state index in [1.165, 1.54) is 19.1 Å². The van der Waals surface area contributed by atoms with Crippen molar-refractivity contribution in [3.8, 4) is 11.3 Å². The van der Waals surface area contributed by atoms with E-state index >= 15 is 0 Å². The summed E-state index contributed by atoms with van der Waals surface area (Å²) in [6.45, 7) is 7.86. The maximum Gasteiger partial charge on any atom is 0.410 e. The quantitative estimate of drug-likeness (QED) is 0.360. The van der Waals surface area contributed by atoms with Crippen LogP contribution >= 0.6 is 15.9 Å². The average molecular weight is 633 g/mol. The van der Waals surface area contributed by atoms with Crippen LogP contribution < -0.4 is 5.32 Å². The lowest BCUT2D eigenvalue weighted by Crippen LogP contribution is -2.51. The molecule has 1 spiro atoms. The van der Waals surface area contributed by atoms with Crippen LogP contribution in [0.15, 0.2) is 45.4 Å². The topological polar surface area (TPSA) is 93.9 Å². The highest BCUT2D eigenvalue weighted by atomic mass is 79.9. The average Bonchev–Trinajstić information content (AvgIpc) is 3.44. The molecule has 0 saturated carbocycles. The van der Waals surface area contributed by atoms with Gasteiger partial charge >= 0.3 is 6.09 Å². The molecule has 1 saturated heterocycles. The Bertz CT molecular complexity index is 1490. The number of hydrogen-bond acceptors (Lipinski definition) is 6. The van der Waals surface area contributed by atoms with E-state index in [2.05, 4.69) is 26.4 Å². The van der Waals surface area contributed by atoms with Crippen LogP contribution in [-0.4, -0.2) is 47.3 Å². The SMILES string of the molecule is CC(=O)NCCc1ccccc1-c1onc([C@H]2CN(C(=O)OC(C)(C)C)CC[C@@]23OCc2cc(F)c(F)cc23)c1Br. The number of carbonyl (C=O) groups is 2. The molecular formula is C30H32BrF2N3O5. The minimum atomic E-state index is -1.07. The number of likely N-dealkylation sites (tertiary alicyclic amines) is 1. The Morgan fingerprint density at radius 1 is 1.22 bits per heavy atom. The summed E-state index contributed by atoms with van der Waals surface area (Å²) in [4.78, 5) is 26.1. The normalized spacial score (nSPS) is 20.3. The number of piperidine rings is 1. The Kier molecular flexibility index (Phi) is 7.95. The Labute approximate surface area is 245 Å². The largest absolute Gasteiger partial charge is 0.444 e. The number of fused-ring (bicyclic) bond motifs is 2. The summed E-state index contributed by atoms with van der Waals surface area (Å²) in [7, 11) is 0. The lowest BCUT2D eigenvalue weighted by molar-refractivity contribution is -0.118. The minimum absolute atomic E-state index is 0.101. The maximum absolute atomic E-state index is 14.5. The molecule has 41 heavy (non-hydrogen) atoms. The third-order valence-corrected chi connectivity index (χ3v) is 8.24. The summed E-state index contributed by atoms with van der Waals surface area (Å²) in [5.74, 6) is -2.13. The molecule has 0 aliphatic carbocycles. The highest BCUT2D eigenvalue weighted by molar-refractivity contribution is 9.10. The molecular weight excluding hydrogens is 600 g/mol. The number of nitrogens with zero attached hydrogens (tertiary/aromatic N) is 2. The molecule has 0 unspecified atom stereocenters. The third kappa shape index (κ3) is 5.74. The fourth-order valence-electron chi connectivity index (χ4n) is 5.62. The monoisotopic (exact) mass is 631 g/mol. The molecule has 2 aromatic carbocycles. The van der Waals surface area contributed by atoms with Crippen LogP contribution in [0.5, 0.6) is 0 Å². The second-order valence-corrected chi connectivity index (χ2v) is 12.2. The number of nitrogens with one attached hydrogen (secondary N) is 1. The maximum atomic E-state index is 14.5. The molecule has 218 valence electrons. The molecule has 0 radical (unpaired) electrons. The van der Waals surface area contributed by atoms with Gasteiger partial charge in [0, 0.05) is 32.1 Å². The van der Waals surface area contributed by atoms with Crippen LogP contribution in [0.1, 0.15) is 62.4 Å². The number of halogens is 3. The fourth-order valence-corrected chi connectivity index (χ4v) is 6.26. The van der Waals surface area contributed by atoms with Gasteiger partial charge < -0.3 is 24.2 Å². The number of ether oxygens (including phenoxy) is 2. The molecule has 2 atom stereocenters. The van der Waals surface area contributed by atoms with E-state index in [0.29, 0.717) is 46.4 Å². The van der Waals surface area contributed by atoms with Crippen molar-refractivity contribution < 1.29 is 32.4 Å². The van der Waals surface area contributed by atoms with Gasteiger partial charge in [0.25, 0.3) is 0 Å². The Morgan fingerprint density at radius 2 is 1.95 bits per heavy atom. The third-order valence-electron chi connectivity index (χ3n) is 7.48. The van der Waals surface area contributed by atoms with E-state index in [1.807, 2.05) is 24.3 Å². The van der Waals surface area contributed by atoms with Crippen LogP contribution in [0.4, 0.5) is 13.6 Å². The highest BCUT2D eigenvalue weighted by Crippen LogP contribution is 2.53. The Balaban J connectivity index is 1.56. The van der Waals surface area contributed by atoms with Gasteiger partial charge in [0.15, 0.2) is 17.4 Å². The van der Waals surface area contributed by atoms with Crippen molar-refractivity contribution in [2.45, 2.75) is 64.3 Å². The first-order valence-electron chi connectivity index (χ1n) is 13.5. The zero-order chi connectivity index (χ0) is 29.5. The molecule has 2 amide bonds. The van der Waals surface area contributed by atoms with Gasteiger partial charge in [0.1, 0.15) is 16.9 Å². The van der Waals surface area contributed by atoms with Crippen LogP contribution in [0.25, 0.3) is 11.3 Å². The molecule has 1 N–H and O–H groups in total. The standard InChI is InChI=1S/C30H32BrF2N3O5/c1-17(37)34-11-9-18-7-5-6-8-20(18)27-25(31)26(35-41-27)22-15-36(28(38)40-29(2,3)4)12-10-30(22)21-14-24(33)23(32)13-19(21)16-39-30/h5-8,13-14,22H,9-12,15-16H2,1-4H3,(H,34,37)/t22-,30+/m1/s1. The zero-order valence-corrected chi connectivity index (χ0v) is 24.9. The molecule has 2 aliphatic rings. The van der Waals surface area contributed by atoms with Gasteiger partial charge in [-0.15, -0.1) is 0 Å². The lowest BCUT2D eigenvalue weighted by Gasteiger charge is -2.45. The second kappa shape index (κ2) is 11.2. The van der Waals surface area contributed by atoms with Crippen molar-refractivity contribution in [2.75, 3.05) is 19.6 Å². The summed E-state index contributed by atoms with van der Waals surface area (Å²) < 4.78 is 47.2. The van der Waals surface area contributed by atoms with Crippen molar-refractivity contribution in [1.82, 2.24) is 15.4 Å². The van der Waals surface area contributed by atoms with Gasteiger partial charge in [-0.1, -0.05) is 29.4 Å². The van der Waals surface area contributed by atoms with Crippen molar-refractivity contribution in [3.63, 3.8) is 0 Å². The van der Waals surface area contributed by atoms with Gasteiger partial charge in [-0.3, -0.25) is 4.79 Å². The molecule has 3 heterocycles. The molecule has 11 heteroatoms. The predicted molar refractivity (Wildman–Crippen MR) is 150 cm³/mol. The first kappa shape index (κ1) is 29.2. The Hall–Kier alpha value is -3.31. The summed E-state index contributed by atoms with van der Waals surface area (Å²) in [6, 6.07) is 10.0. The molecule has 3 aromatic rings. The van der Waals surface area contributed by atoms with E-state index < -0.39 is 34.8 Å². The molecule has 1 aromatic heterocycles. The number of aromatic nitrogens is 1. The predicted octanol–water partition coefficient (Wildman–Crippen LogP) is 6.21. The molecule has 0 bridgehead atoms. The van der Waals surface area contributed by atoms with Crippen LogP contribution in [0.3, 0.4) is 0 Å². The fraction of sp³-hybridized carbons (Fsp3) is 0.433. The van der Waals surface area contributed by atoms with Gasteiger partial charge in [0.2, 0.25) is 5.91 Å². The summed E-state index contributed by atoms with van der Waals surface area (Å²) in [6.07, 6.45) is 0.403. The van der Waals surface area contributed by atoms with Crippen molar-refractivity contribution in [2.24, 2.45) is 0 Å². The van der Waals surface area contributed by atoms with E-state index in [1.54, 1.807) is 25.7 Å². The second-order valence-electron chi connectivity index (χ2n) is 11.4. The first-order valence-corrected chi connectivity index (χ1v) is 14.3. The summed E-state index contributed by atoms with van der Waals surface area (Å²) in [5.41, 5.74) is 1.56. The van der Waals surface area contributed by atoms with Gasteiger partial charge in [-0.05, 0) is 78.4 Å².